The van der Waals surface area contributed by atoms with Gasteiger partial charge in [0, 0.05) is 6.54 Å². The fourth-order valence-corrected chi connectivity index (χ4v) is 0.988. The first kappa shape index (κ1) is 11.2. The molecule has 0 aromatic heterocycles. The minimum absolute atomic E-state index is 0.110. The average molecular weight is 211 g/mol. The fraction of sp³-hybridized carbons (Fsp3) is 0.444. The number of carbonyl (C=O) groups is 1. The molecule has 0 aliphatic rings. The van der Waals surface area contributed by atoms with Gasteiger partial charge in [-0.2, -0.15) is 0 Å². The van der Waals surface area contributed by atoms with Gasteiger partial charge in [0.05, 0.1) is 0 Å². The summed E-state index contributed by atoms with van der Waals surface area (Å²) in [5.41, 5.74) is 3.45. The largest absolute Gasteiger partial charge is 0.394 e. The second-order valence-electron chi connectivity index (χ2n) is 3.68. The molecule has 1 aromatic rings. The van der Waals surface area contributed by atoms with Crippen LogP contribution in [-0.2, 0) is 0 Å². The third-order valence-electron chi connectivity index (χ3n) is 1.86. The molecule has 6 nitrogen and oxygen atoms in total. The highest BCUT2D eigenvalue weighted by Crippen LogP contribution is 2.08. The summed E-state index contributed by atoms with van der Waals surface area (Å²) in [6.45, 7) is 4.36. The fourth-order valence-electron chi connectivity index (χ4n) is 0.988. The van der Waals surface area contributed by atoms with Crippen molar-refractivity contribution in [2.24, 2.45) is 5.92 Å². The normalized spacial score (nSPS) is 10.6. The minimum atomic E-state index is -0.743. The topological polar surface area (TPSA) is 101 Å². The molecule has 2 amide bonds. The second kappa shape index (κ2) is 4.12. The van der Waals surface area contributed by atoms with Crippen molar-refractivity contribution in [1.29, 1.82) is 0 Å². The third-order valence-corrected chi connectivity index (χ3v) is 1.86. The maximum atomic E-state index is 11.2. The van der Waals surface area contributed by atoms with Crippen molar-refractivity contribution in [3.05, 3.63) is 20.4 Å². The predicted octanol–water partition coefficient (Wildman–Crippen LogP) is -0.358. The van der Waals surface area contributed by atoms with Gasteiger partial charge in [-0.25, -0.2) is 4.79 Å². The Hall–Kier alpha value is -1.85. The minimum Gasteiger partial charge on any atom is -0.394 e. The molecule has 0 saturated carbocycles. The number of hydrogen-bond acceptors (Lipinski definition) is 4. The number of anilines is 2. The quantitative estimate of drug-likeness (QED) is 0.594. The van der Waals surface area contributed by atoms with Crippen molar-refractivity contribution in [3.63, 3.8) is 0 Å². The van der Waals surface area contributed by atoms with Crippen LogP contribution in [0.2, 0.25) is 0 Å². The number of nitrogens with two attached hydrogens (primary N) is 1. The molecular formula is C9H13N3O3. The van der Waals surface area contributed by atoms with E-state index in [4.69, 9.17) is 5.73 Å². The van der Waals surface area contributed by atoms with Crippen molar-refractivity contribution in [2.45, 2.75) is 13.8 Å². The molecule has 0 saturated heterocycles. The third kappa shape index (κ3) is 2.34. The van der Waals surface area contributed by atoms with E-state index in [1.165, 1.54) is 0 Å². The maximum absolute atomic E-state index is 11.2. The van der Waals surface area contributed by atoms with Gasteiger partial charge in [-0.1, -0.05) is 13.8 Å². The molecule has 15 heavy (non-hydrogen) atoms. The maximum Gasteiger partial charge on any atom is 0.319 e. The van der Waals surface area contributed by atoms with Crippen LogP contribution in [0.1, 0.15) is 13.8 Å². The summed E-state index contributed by atoms with van der Waals surface area (Å²) < 4.78 is 0. The highest BCUT2D eigenvalue weighted by molar-refractivity contribution is 5.93. The van der Waals surface area contributed by atoms with Crippen LogP contribution in [-0.4, -0.2) is 12.6 Å². The number of nitrogen functional groups attached to an aromatic ring is 1. The van der Waals surface area contributed by atoms with Crippen LogP contribution < -0.4 is 27.2 Å². The highest BCUT2D eigenvalue weighted by Gasteiger charge is 2.19. The van der Waals surface area contributed by atoms with Crippen LogP contribution in [0, 0.1) is 5.92 Å². The van der Waals surface area contributed by atoms with Crippen molar-refractivity contribution >= 4 is 17.4 Å². The van der Waals surface area contributed by atoms with Gasteiger partial charge in [-0.05, 0) is 5.92 Å². The summed E-state index contributed by atoms with van der Waals surface area (Å²) in [6.07, 6.45) is 0. The summed E-state index contributed by atoms with van der Waals surface area (Å²) in [7, 11) is 0. The monoisotopic (exact) mass is 211 g/mol. The lowest BCUT2D eigenvalue weighted by atomic mass is 10.2. The number of amides is 2. The van der Waals surface area contributed by atoms with Crippen LogP contribution >= 0.6 is 0 Å². The molecule has 0 fully saturated rings. The van der Waals surface area contributed by atoms with Gasteiger partial charge in [0.1, 0.15) is 11.4 Å². The summed E-state index contributed by atoms with van der Waals surface area (Å²) >= 11 is 0. The van der Waals surface area contributed by atoms with E-state index in [9.17, 15) is 14.4 Å². The second-order valence-corrected chi connectivity index (χ2v) is 3.68. The molecule has 0 unspecified atom stereocenters. The molecule has 0 bridgehead atoms. The first-order valence-corrected chi connectivity index (χ1v) is 4.57. The summed E-state index contributed by atoms with van der Waals surface area (Å²) in [5, 5.41) is 4.77. The zero-order valence-corrected chi connectivity index (χ0v) is 8.59. The Labute approximate surface area is 86.2 Å². The van der Waals surface area contributed by atoms with Gasteiger partial charge in [-0.3, -0.25) is 9.59 Å². The van der Waals surface area contributed by atoms with Crippen LogP contribution in [0.3, 0.4) is 0 Å². The Morgan fingerprint density at radius 3 is 2.40 bits per heavy atom. The molecular weight excluding hydrogens is 198 g/mol. The van der Waals surface area contributed by atoms with Crippen LogP contribution in [0.15, 0.2) is 9.59 Å². The van der Waals surface area contributed by atoms with E-state index in [0.29, 0.717) is 12.5 Å². The van der Waals surface area contributed by atoms with Crippen molar-refractivity contribution < 1.29 is 4.79 Å². The van der Waals surface area contributed by atoms with Crippen molar-refractivity contribution in [1.82, 2.24) is 5.32 Å². The number of rotatable bonds is 3. The molecule has 0 heterocycles. The summed E-state index contributed by atoms with van der Waals surface area (Å²) in [5.74, 6) is 0.306. The Morgan fingerprint density at radius 2 is 1.93 bits per heavy atom. The first-order valence-electron chi connectivity index (χ1n) is 4.57. The van der Waals surface area contributed by atoms with E-state index in [1.807, 2.05) is 13.8 Å². The number of hydrogen-bond donors (Lipinski definition) is 3. The van der Waals surface area contributed by atoms with E-state index < -0.39 is 16.9 Å². The van der Waals surface area contributed by atoms with Crippen LogP contribution in [0.25, 0.3) is 0 Å². The molecule has 4 N–H and O–H groups in total. The molecule has 1 aromatic carbocycles. The van der Waals surface area contributed by atoms with E-state index >= 15 is 0 Å². The number of nitrogens with one attached hydrogen (secondary N) is 2. The Bertz CT molecular complexity index is 443. The molecule has 0 atom stereocenters. The summed E-state index contributed by atoms with van der Waals surface area (Å²) in [6, 6.07) is -0.525. The van der Waals surface area contributed by atoms with E-state index in [-0.39, 0.29) is 11.4 Å². The zero-order valence-electron chi connectivity index (χ0n) is 8.59. The smallest absolute Gasteiger partial charge is 0.319 e. The molecule has 0 aliphatic carbocycles. The number of carbonyl (C=O) groups excluding carboxylic acids is 1. The van der Waals surface area contributed by atoms with Crippen molar-refractivity contribution in [3.8, 4) is 0 Å². The molecule has 0 spiro atoms. The first-order chi connectivity index (χ1) is 6.93. The Balaban J connectivity index is 2.54. The van der Waals surface area contributed by atoms with E-state index in [2.05, 4.69) is 10.6 Å². The molecule has 0 radical (unpaired) electrons. The zero-order chi connectivity index (χ0) is 11.6. The Kier molecular flexibility index (Phi) is 3.08. The highest BCUT2D eigenvalue weighted by atomic mass is 16.2. The van der Waals surface area contributed by atoms with Crippen molar-refractivity contribution in [2.75, 3.05) is 17.6 Å². The lowest BCUT2D eigenvalue weighted by Crippen LogP contribution is -2.41. The standard InChI is InChI=1S/C9H13N3O3/c1-4(2)3-11-9(15)12-6-5(10)7(13)8(6)14/h4H,3,10H2,1-2H3,(H2,11,12,15). The van der Waals surface area contributed by atoms with E-state index in [1.54, 1.807) is 0 Å². The number of urea groups is 1. The predicted molar refractivity (Wildman–Crippen MR) is 57.6 cm³/mol. The lowest BCUT2D eigenvalue weighted by molar-refractivity contribution is 0.251. The van der Waals surface area contributed by atoms with Crippen LogP contribution in [0.5, 0.6) is 0 Å². The SMILES string of the molecule is CC(C)CNC(=O)Nc1c(N)c(=O)c1=O. The summed E-state index contributed by atoms with van der Waals surface area (Å²) in [4.78, 5) is 32.8. The lowest BCUT2D eigenvalue weighted by Gasteiger charge is -2.11. The molecule has 1 rings (SSSR count). The van der Waals surface area contributed by atoms with Gasteiger partial charge in [0.2, 0.25) is 0 Å². The van der Waals surface area contributed by atoms with Gasteiger partial charge < -0.3 is 16.4 Å². The van der Waals surface area contributed by atoms with Gasteiger partial charge in [0.15, 0.2) is 0 Å². The van der Waals surface area contributed by atoms with Gasteiger partial charge in [-0.15, -0.1) is 0 Å². The Morgan fingerprint density at radius 1 is 1.33 bits per heavy atom. The van der Waals surface area contributed by atoms with Gasteiger partial charge >= 0.3 is 6.03 Å². The van der Waals surface area contributed by atoms with E-state index in [0.717, 1.165) is 0 Å². The van der Waals surface area contributed by atoms with Crippen LogP contribution in [0.4, 0.5) is 16.2 Å². The molecule has 82 valence electrons. The molecule has 0 aliphatic heterocycles. The average Bonchev–Trinajstić information content (AvgIpc) is 2.21. The molecule has 6 heteroatoms. The van der Waals surface area contributed by atoms with Gasteiger partial charge in [0.25, 0.3) is 10.9 Å².